The maximum Gasteiger partial charge on any atom is 0.237 e. The highest BCUT2D eigenvalue weighted by atomic mass is 19.1. The van der Waals surface area contributed by atoms with E-state index in [0.29, 0.717) is 39.3 Å². The van der Waals surface area contributed by atoms with E-state index in [9.17, 15) is 18.4 Å². The van der Waals surface area contributed by atoms with Gasteiger partial charge in [-0.25, -0.2) is 8.78 Å². The number of hydrogen-bond donors (Lipinski definition) is 2. The van der Waals surface area contributed by atoms with Gasteiger partial charge in [-0.3, -0.25) is 19.4 Å². The van der Waals surface area contributed by atoms with Crippen LogP contribution in [0.3, 0.4) is 0 Å². The number of benzene rings is 2. The molecule has 8 heteroatoms. The highest BCUT2D eigenvalue weighted by molar-refractivity contribution is 5.82. The van der Waals surface area contributed by atoms with Crippen LogP contribution in [0.4, 0.5) is 8.78 Å². The lowest BCUT2D eigenvalue weighted by Crippen LogP contribution is -2.57. The molecule has 0 saturated carbocycles. The zero-order valence-electron chi connectivity index (χ0n) is 18.5. The molecule has 6 nitrogen and oxygen atoms in total. The van der Waals surface area contributed by atoms with Gasteiger partial charge in [-0.1, -0.05) is 24.3 Å². The van der Waals surface area contributed by atoms with Crippen LogP contribution < -0.4 is 10.6 Å². The lowest BCUT2D eigenvalue weighted by atomic mass is 10.1. The Morgan fingerprint density at radius 3 is 1.34 bits per heavy atom. The minimum atomic E-state index is -0.301. The van der Waals surface area contributed by atoms with Crippen LogP contribution in [0.15, 0.2) is 48.5 Å². The normalized spacial score (nSPS) is 16.9. The molecule has 2 amide bonds. The van der Waals surface area contributed by atoms with Crippen molar-refractivity contribution in [3.63, 3.8) is 0 Å². The van der Waals surface area contributed by atoms with Gasteiger partial charge in [0.1, 0.15) is 11.6 Å². The molecule has 2 N–H and O–H groups in total. The summed E-state index contributed by atoms with van der Waals surface area (Å²) >= 11 is 0. The van der Waals surface area contributed by atoms with Gasteiger partial charge in [-0.15, -0.1) is 0 Å². The van der Waals surface area contributed by atoms with Crippen molar-refractivity contribution in [2.24, 2.45) is 0 Å². The first-order chi connectivity index (χ1) is 15.3. The van der Waals surface area contributed by atoms with Crippen LogP contribution in [-0.4, -0.2) is 59.9 Å². The quantitative estimate of drug-likeness (QED) is 0.656. The predicted octanol–water partition coefficient (Wildman–Crippen LogP) is 2.29. The first-order valence-electron chi connectivity index (χ1n) is 10.9. The lowest BCUT2D eigenvalue weighted by molar-refractivity contribution is -0.130. The summed E-state index contributed by atoms with van der Waals surface area (Å²) in [5.74, 6) is -0.755. The minimum absolute atomic E-state index is 0.0761. The summed E-state index contributed by atoms with van der Waals surface area (Å²) in [6.45, 7) is 7.18. The Labute approximate surface area is 187 Å². The molecule has 3 rings (SSSR count). The fourth-order valence-corrected chi connectivity index (χ4v) is 3.72. The molecule has 2 aromatic rings. The monoisotopic (exact) mass is 444 g/mol. The van der Waals surface area contributed by atoms with Crippen molar-refractivity contribution in [1.29, 1.82) is 0 Å². The number of hydrogen-bond acceptors (Lipinski definition) is 4. The molecule has 2 atom stereocenters. The van der Waals surface area contributed by atoms with Crippen molar-refractivity contribution >= 4 is 11.8 Å². The molecular formula is C24H30F2N4O2. The van der Waals surface area contributed by atoms with E-state index in [-0.39, 0.29) is 35.5 Å². The molecule has 172 valence electrons. The van der Waals surface area contributed by atoms with Gasteiger partial charge in [0.25, 0.3) is 0 Å². The molecule has 1 fully saturated rings. The highest BCUT2D eigenvalue weighted by Crippen LogP contribution is 2.11. The van der Waals surface area contributed by atoms with Crippen molar-refractivity contribution in [2.45, 2.75) is 39.0 Å². The molecule has 0 bridgehead atoms. The van der Waals surface area contributed by atoms with Crippen molar-refractivity contribution in [3.05, 3.63) is 71.3 Å². The standard InChI is InChI=1S/C24H30F2N4O2/c1-17(23(31)27-15-19-3-7-21(25)8-4-19)29-11-13-30(14-12-29)18(2)24(32)28-16-20-5-9-22(26)10-6-20/h3-10,17-18H,11-16H2,1-2H3,(H,27,31)(H,28,32)/t17-,18-/m0/s1. The smallest absolute Gasteiger partial charge is 0.237 e. The van der Waals surface area contributed by atoms with E-state index in [1.807, 2.05) is 13.8 Å². The summed E-state index contributed by atoms with van der Waals surface area (Å²) in [4.78, 5) is 29.2. The van der Waals surface area contributed by atoms with Gasteiger partial charge >= 0.3 is 0 Å². The van der Waals surface area contributed by atoms with E-state index in [1.54, 1.807) is 24.3 Å². The van der Waals surface area contributed by atoms with Crippen molar-refractivity contribution in [2.75, 3.05) is 26.2 Å². The van der Waals surface area contributed by atoms with Crippen molar-refractivity contribution < 1.29 is 18.4 Å². The number of amides is 2. The molecule has 32 heavy (non-hydrogen) atoms. The first-order valence-corrected chi connectivity index (χ1v) is 10.9. The molecule has 0 aliphatic carbocycles. The van der Waals surface area contributed by atoms with Crippen molar-refractivity contribution in [3.8, 4) is 0 Å². The number of piperazine rings is 1. The molecule has 1 saturated heterocycles. The number of nitrogens with zero attached hydrogens (tertiary/aromatic N) is 2. The molecule has 1 aliphatic heterocycles. The van der Waals surface area contributed by atoms with Gasteiger partial charge in [-0.2, -0.15) is 0 Å². The van der Waals surface area contributed by atoms with Crippen LogP contribution in [0.5, 0.6) is 0 Å². The zero-order valence-corrected chi connectivity index (χ0v) is 18.5. The second-order valence-corrected chi connectivity index (χ2v) is 8.11. The number of carbonyl (C=O) groups excluding carboxylic acids is 2. The molecule has 0 spiro atoms. The maximum atomic E-state index is 13.0. The van der Waals surface area contributed by atoms with Gasteiger partial charge in [0.2, 0.25) is 11.8 Å². The Hall–Kier alpha value is -2.84. The van der Waals surface area contributed by atoms with Crippen LogP contribution in [0.25, 0.3) is 0 Å². The molecular weight excluding hydrogens is 414 g/mol. The summed E-state index contributed by atoms with van der Waals surface area (Å²) in [7, 11) is 0. The third-order valence-corrected chi connectivity index (χ3v) is 5.96. The van der Waals surface area contributed by atoms with Gasteiger partial charge in [0.15, 0.2) is 0 Å². The maximum absolute atomic E-state index is 13.0. The molecule has 0 unspecified atom stereocenters. The largest absolute Gasteiger partial charge is 0.351 e. The summed E-state index contributed by atoms with van der Waals surface area (Å²) in [5.41, 5.74) is 1.69. The van der Waals surface area contributed by atoms with Crippen LogP contribution in [0, 0.1) is 11.6 Å². The molecule has 0 radical (unpaired) electrons. The Kier molecular flexibility index (Phi) is 8.30. The highest BCUT2D eigenvalue weighted by Gasteiger charge is 2.29. The Bertz CT molecular complexity index is 822. The summed E-state index contributed by atoms with van der Waals surface area (Å²) < 4.78 is 26.0. The Morgan fingerprint density at radius 1 is 0.719 bits per heavy atom. The van der Waals surface area contributed by atoms with Crippen LogP contribution in [0.1, 0.15) is 25.0 Å². The van der Waals surface area contributed by atoms with Crippen LogP contribution in [0.2, 0.25) is 0 Å². The number of halogens is 2. The van der Waals surface area contributed by atoms with Gasteiger partial charge in [-0.05, 0) is 49.2 Å². The predicted molar refractivity (Wildman–Crippen MR) is 119 cm³/mol. The first kappa shape index (κ1) is 23.8. The third-order valence-electron chi connectivity index (χ3n) is 5.96. The average molecular weight is 445 g/mol. The van der Waals surface area contributed by atoms with Gasteiger partial charge in [0, 0.05) is 39.3 Å². The third kappa shape index (κ3) is 6.58. The number of nitrogens with one attached hydrogen (secondary N) is 2. The minimum Gasteiger partial charge on any atom is -0.351 e. The Morgan fingerprint density at radius 2 is 1.03 bits per heavy atom. The van der Waals surface area contributed by atoms with Crippen LogP contribution >= 0.6 is 0 Å². The fourth-order valence-electron chi connectivity index (χ4n) is 3.72. The molecule has 1 heterocycles. The van der Waals surface area contributed by atoms with E-state index in [0.717, 1.165) is 11.1 Å². The average Bonchev–Trinajstić information content (AvgIpc) is 2.82. The fraction of sp³-hybridized carbons (Fsp3) is 0.417. The van der Waals surface area contributed by atoms with Gasteiger partial charge in [0.05, 0.1) is 12.1 Å². The van der Waals surface area contributed by atoms with Crippen molar-refractivity contribution in [1.82, 2.24) is 20.4 Å². The number of rotatable bonds is 8. The zero-order chi connectivity index (χ0) is 23.1. The van der Waals surface area contributed by atoms with E-state index in [4.69, 9.17) is 0 Å². The number of carbonyl (C=O) groups is 2. The molecule has 2 aromatic carbocycles. The Balaban J connectivity index is 1.40. The van der Waals surface area contributed by atoms with E-state index in [1.165, 1.54) is 24.3 Å². The van der Waals surface area contributed by atoms with Gasteiger partial charge < -0.3 is 10.6 Å². The second kappa shape index (κ2) is 11.2. The van der Waals surface area contributed by atoms with E-state index in [2.05, 4.69) is 20.4 Å². The van der Waals surface area contributed by atoms with Crippen LogP contribution in [-0.2, 0) is 22.7 Å². The molecule has 0 aromatic heterocycles. The lowest BCUT2D eigenvalue weighted by Gasteiger charge is -2.39. The second-order valence-electron chi connectivity index (χ2n) is 8.11. The van der Waals surface area contributed by atoms with E-state index >= 15 is 0 Å². The molecule has 1 aliphatic rings. The van der Waals surface area contributed by atoms with E-state index < -0.39 is 0 Å². The summed E-state index contributed by atoms with van der Waals surface area (Å²) in [6.07, 6.45) is 0. The SMILES string of the molecule is C[C@@H](C(=O)NCc1ccc(F)cc1)N1CCN([C@@H](C)C(=O)NCc2ccc(F)cc2)CC1. The topological polar surface area (TPSA) is 64.7 Å². The summed E-state index contributed by atoms with van der Waals surface area (Å²) in [5, 5.41) is 5.80. The summed E-state index contributed by atoms with van der Waals surface area (Å²) in [6, 6.07) is 11.5.